The normalized spacial score (nSPS) is 18.6. The summed E-state index contributed by atoms with van der Waals surface area (Å²) in [6, 6.07) is 10.8. The zero-order valence-corrected chi connectivity index (χ0v) is 14.5. The van der Waals surface area contributed by atoms with Crippen LogP contribution in [0.1, 0.15) is 18.5 Å². The first-order valence-electron chi connectivity index (χ1n) is 8.55. The topological polar surface area (TPSA) is 48.5 Å². The summed E-state index contributed by atoms with van der Waals surface area (Å²) >= 11 is 1.70. The van der Waals surface area contributed by atoms with Gasteiger partial charge >= 0.3 is 6.03 Å². The largest absolute Gasteiger partial charge is 0.335 e. The molecule has 1 aliphatic carbocycles. The molecule has 1 saturated heterocycles. The van der Waals surface area contributed by atoms with Gasteiger partial charge in [0.2, 0.25) is 0 Å². The van der Waals surface area contributed by atoms with E-state index in [-0.39, 0.29) is 6.03 Å². The number of nitrogens with zero attached hydrogens (tertiary/aromatic N) is 3. The molecule has 24 heavy (non-hydrogen) atoms. The van der Waals surface area contributed by atoms with Crippen LogP contribution in [-0.2, 0) is 6.54 Å². The second-order valence-electron chi connectivity index (χ2n) is 6.50. The van der Waals surface area contributed by atoms with Crippen molar-refractivity contribution in [3.05, 3.63) is 41.4 Å². The molecule has 1 aliphatic heterocycles. The molecule has 0 radical (unpaired) electrons. The minimum Gasteiger partial charge on any atom is -0.335 e. The van der Waals surface area contributed by atoms with Crippen molar-refractivity contribution in [2.45, 2.75) is 25.4 Å². The third-order valence-corrected chi connectivity index (χ3v) is 5.46. The highest BCUT2D eigenvalue weighted by Crippen LogP contribution is 2.24. The molecule has 2 aliphatic rings. The van der Waals surface area contributed by atoms with Crippen molar-refractivity contribution in [2.24, 2.45) is 0 Å². The first kappa shape index (κ1) is 15.6. The molecule has 0 spiro atoms. The third kappa shape index (κ3) is 3.76. The monoisotopic (exact) mass is 342 g/mol. The second kappa shape index (κ2) is 6.91. The van der Waals surface area contributed by atoms with E-state index < -0.39 is 0 Å². The highest BCUT2D eigenvalue weighted by atomic mass is 32.1. The van der Waals surface area contributed by atoms with Crippen LogP contribution in [0.5, 0.6) is 0 Å². The van der Waals surface area contributed by atoms with E-state index in [4.69, 9.17) is 4.98 Å². The van der Waals surface area contributed by atoms with Gasteiger partial charge in [-0.25, -0.2) is 9.78 Å². The quantitative estimate of drug-likeness (QED) is 0.929. The van der Waals surface area contributed by atoms with Crippen LogP contribution >= 0.6 is 11.3 Å². The van der Waals surface area contributed by atoms with Gasteiger partial charge in [0.15, 0.2) is 0 Å². The summed E-state index contributed by atoms with van der Waals surface area (Å²) in [5, 5.41) is 6.29. The van der Waals surface area contributed by atoms with Gasteiger partial charge in [0.05, 0.1) is 5.69 Å². The minimum absolute atomic E-state index is 0.108. The molecule has 2 heterocycles. The summed E-state index contributed by atoms with van der Waals surface area (Å²) in [5.74, 6) is 0. The Morgan fingerprint density at radius 3 is 2.62 bits per heavy atom. The summed E-state index contributed by atoms with van der Waals surface area (Å²) in [7, 11) is 0. The molecular weight excluding hydrogens is 320 g/mol. The number of carbonyl (C=O) groups is 1. The Kier molecular flexibility index (Phi) is 4.49. The van der Waals surface area contributed by atoms with Crippen LogP contribution in [0, 0.1) is 0 Å². The first-order valence-corrected chi connectivity index (χ1v) is 9.43. The van der Waals surface area contributed by atoms with Crippen LogP contribution in [-0.4, -0.2) is 53.0 Å². The van der Waals surface area contributed by atoms with Crippen LogP contribution in [0.4, 0.5) is 4.79 Å². The van der Waals surface area contributed by atoms with E-state index in [2.05, 4.69) is 27.7 Å². The highest BCUT2D eigenvalue weighted by molar-refractivity contribution is 7.13. The molecule has 1 saturated carbocycles. The van der Waals surface area contributed by atoms with Gasteiger partial charge < -0.3 is 10.2 Å². The fourth-order valence-corrected chi connectivity index (χ4v) is 3.74. The van der Waals surface area contributed by atoms with Gasteiger partial charge in [-0.1, -0.05) is 30.3 Å². The van der Waals surface area contributed by atoms with Crippen molar-refractivity contribution in [3.8, 4) is 10.6 Å². The van der Waals surface area contributed by atoms with E-state index in [0.29, 0.717) is 6.04 Å². The van der Waals surface area contributed by atoms with E-state index in [1.165, 1.54) is 5.56 Å². The summed E-state index contributed by atoms with van der Waals surface area (Å²) in [6.45, 7) is 4.29. The van der Waals surface area contributed by atoms with Gasteiger partial charge in [0.25, 0.3) is 0 Å². The smallest absolute Gasteiger partial charge is 0.317 e. The van der Waals surface area contributed by atoms with Crippen LogP contribution in [0.25, 0.3) is 10.6 Å². The Bertz CT molecular complexity index is 690. The van der Waals surface area contributed by atoms with Crippen LogP contribution in [0.2, 0.25) is 0 Å². The average molecular weight is 342 g/mol. The Hall–Kier alpha value is -1.92. The van der Waals surface area contributed by atoms with E-state index in [1.807, 2.05) is 23.1 Å². The standard InChI is InChI=1S/C18H22N4OS/c23-18(20-15-6-7-15)22-10-8-21(9-11-22)12-16-13-24-17(19-16)14-4-2-1-3-5-14/h1-5,13,15H,6-12H2,(H,20,23). The molecule has 2 fully saturated rings. The molecule has 0 bridgehead atoms. The maximum atomic E-state index is 12.1. The number of urea groups is 1. The molecule has 0 unspecified atom stereocenters. The zero-order chi connectivity index (χ0) is 16.4. The van der Waals surface area contributed by atoms with Crippen molar-refractivity contribution in [1.82, 2.24) is 20.1 Å². The zero-order valence-electron chi connectivity index (χ0n) is 13.6. The predicted molar refractivity (Wildman–Crippen MR) is 96.0 cm³/mol. The van der Waals surface area contributed by atoms with Crippen molar-refractivity contribution in [1.29, 1.82) is 0 Å². The number of piperazine rings is 1. The molecule has 1 N–H and O–H groups in total. The first-order chi connectivity index (χ1) is 11.8. The lowest BCUT2D eigenvalue weighted by Crippen LogP contribution is -2.51. The highest BCUT2D eigenvalue weighted by Gasteiger charge is 2.27. The second-order valence-corrected chi connectivity index (χ2v) is 7.36. The molecular formula is C18H22N4OS. The number of rotatable bonds is 4. The van der Waals surface area contributed by atoms with Gasteiger partial charge in [-0.15, -0.1) is 11.3 Å². The number of thiazole rings is 1. The number of nitrogens with one attached hydrogen (secondary N) is 1. The number of amides is 2. The van der Waals surface area contributed by atoms with Gasteiger partial charge in [-0.2, -0.15) is 0 Å². The molecule has 5 nitrogen and oxygen atoms in total. The molecule has 4 rings (SSSR count). The third-order valence-electron chi connectivity index (χ3n) is 4.52. The van der Waals surface area contributed by atoms with E-state index in [9.17, 15) is 4.79 Å². The Labute approximate surface area is 146 Å². The van der Waals surface area contributed by atoms with Crippen LogP contribution in [0.3, 0.4) is 0 Å². The molecule has 6 heteroatoms. The maximum absolute atomic E-state index is 12.1. The Morgan fingerprint density at radius 2 is 1.92 bits per heavy atom. The molecule has 1 aromatic heterocycles. The molecule has 2 amide bonds. The Balaban J connectivity index is 1.29. The lowest BCUT2D eigenvalue weighted by atomic mass is 10.2. The van der Waals surface area contributed by atoms with Gasteiger partial charge in [0.1, 0.15) is 5.01 Å². The molecule has 2 aromatic rings. The average Bonchev–Trinajstić information content (AvgIpc) is 3.31. The van der Waals surface area contributed by atoms with Gasteiger partial charge in [-0.05, 0) is 12.8 Å². The van der Waals surface area contributed by atoms with Gasteiger partial charge in [-0.3, -0.25) is 4.90 Å². The fraction of sp³-hybridized carbons (Fsp3) is 0.444. The number of hydrogen-bond acceptors (Lipinski definition) is 4. The summed E-state index contributed by atoms with van der Waals surface area (Å²) in [6.07, 6.45) is 2.28. The molecule has 126 valence electrons. The van der Waals surface area contributed by atoms with Crippen LogP contribution in [0.15, 0.2) is 35.7 Å². The summed E-state index contributed by atoms with van der Waals surface area (Å²) < 4.78 is 0. The van der Waals surface area contributed by atoms with Crippen LogP contribution < -0.4 is 5.32 Å². The van der Waals surface area contributed by atoms with Crippen molar-refractivity contribution in [2.75, 3.05) is 26.2 Å². The predicted octanol–water partition coefficient (Wildman–Crippen LogP) is 2.80. The van der Waals surface area contributed by atoms with Crippen molar-refractivity contribution in [3.63, 3.8) is 0 Å². The number of hydrogen-bond donors (Lipinski definition) is 1. The molecule has 0 atom stereocenters. The fourth-order valence-electron chi connectivity index (χ4n) is 2.92. The lowest BCUT2D eigenvalue weighted by Gasteiger charge is -2.34. The lowest BCUT2D eigenvalue weighted by molar-refractivity contribution is 0.134. The summed E-state index contributed by atoms with van der Waals surface area (Å²) in [4.78, 5) is 21.1. The summed E-state index contributed by atoms with van der Waals surface area (Å²) in [5.41, 5.74) is 2.30. The number of aromatic nitrogens is 1. The van der Waals surface area contributed by atoms with Crippen molar-refractivity contribution >= 4 is 17.4 Å². The number of carbonyl (C=O) groups excluding carboxylic acids is 1. The maximum Gasteiger partial charge on any atom is 0.317 e. The van der Waals surface area contributed by atoms with Gasteiger partial charge in [0, 0.05) is 49.7 Å². The van der Waals surface area contributed by atoms with E-state index >= 15 is 0 Å². The number of benzene rings is 1. The molecule has 1 aromatic carbocycles. The SMILES string of the molecule is O=C(NC1CC1)N1CCN(Cc2csc(-c3ccccc3)n2)CC1. The van der Waals surface area contributed by atoms with Crippen molar-refractivity contribution < 1.29 is 4.79 Å². The van der Waals surface area contributed by atoms with E-state index in [1.54, 1.807) is 11.3 Å². The Morgan fingerprint density at radius 1 is 1.17 bits per heavy atom. The van der Waals surface area contributed by atoms with E-state index in [0.717, 1.165) is 56.3 Å². The minimum atomic E-state index is 0.108.